The van der Waals surface area contributed by atoms with Gasteiger partial charge in [-0.15, -0.1) is 0 Å². The van der Waals surface area contributed by atoms with Crippen LogP contribution in [-0.2, 0) is 32.0 Å². The van der Waals surface area contributed by atoms with Gasteiger partial charge in [0.25, 0.3) is 5.78 Å². The van der Waals surface area contributed by atoms with Crippen molar-refractivity contribution in [2.45, 2.75) is 39.7 Å². The maximum Gasteiger partial charge on any atom is 0.384 e. The lowest BCUT2D eigenvalue weighted by Gasteiger charge is -2.25. The molecular formula is C56H52N2O6. The van der Waals surface area contributed by atoms with Gasteiger partial charge in [0.1, 0.15) is 24.2 Å². The standard InChI is InChI=1S/C32H31NO3.C24H21NO3/c1-3-32(34)36-25(2)24-35-31-22-18-27(19-23-31)15-14-26-16-20-30(21-17-26)33(28-10-6-4-7-11-28)29-12-8-5-9-13-29;1-4-23(26)24(27)28-22-15-13-21(14-16-22)25(19-9-5-17(2)6-10-19)20-11-7-18(3)8-12-20/h3-13,16-23,25H,1,14-15,24H2,2H3;4-16H,1H2,2-3H3. The predicted octanol–water partition coefficient (Wildman–Crippen LogP) is 12.9. The first-order chi connectivity index (χ1) is 31.1. The second-order valence-corrected chi connectivity index (χ2v) is 15.0. The summed E-state index contributed by atoms with van der Waals surface area (Å²) in [6.07, 6.45) is 3.65. The molecule has 8 nitrogen and oxygen atoms in total. The summed E-state index contributed by atoms with van der Waals surface area (Å²) in [6.45, 7) is 12.9. The number of hydrogen-bond donors (Lipinski definition) is 0. The Morgan fingerprint density at radius 1 is 0.500 bits per heavy atom. The van der Waals surface area contributed by atoms with Crippen LogP contribution >= 0.6 is 0 Å². The van der Waals surface area contributed by atoms with Crippen LogP contribution in [0.3, 0.4) is 0 Å². The molecule has 0 saturated carbocycles. The van der Waals surface area contributed by atoms with Gasteiger partial charge < -0.3 is 24.0 Å². The maximum atomic E-state index is 11.6. The van der Waals surface area contributed by atoms with Crippen molar-refractivity contribution in [2.24, 2.45) is 0 Å². The van der Waals surface area contributed by atoms with Gasteiger partial charge in [0.2, 0.25) is 0 Å². The van der Waals surface area contributed by atoms with Crippen LogP contribution in [0, 0.1) is 13.8 Å². The summed E-state index contributed by atoms with van der Waals surface area (Å²) in [6, 6.07) is 61.2. The molecule has 0 heterocycles. The number of nitrogens with zero attached hydrogens (tertiary/aromatic N) is 2. The second-order valence-electron chi connectivity index (χ2n) is 15.0. The highest BCUT2D eigenvalue weighted by Gasteiger charge is 2.16. The van der Waals surface area contributed by atoms with E-state index in [1.807, 2.05) is 50.2 Å². The fourth-order valence-corrected chi connectivity index (χ4v) is 6.69. The summed E-state index contributed by atoms with van der Waals surface area (Å²) in [7, 11) is 0. The van der Waals surface area contributed by atoms with Gasteiger partial charge in [-0.2, -0.15) is 0 Å². The molecule has 64 heavy (non-hydrogen) atoms. The number of hydrogen-bond acceptors (Lipinski definition) is 8. The Bertz CT molecular complexity index is 2510. The zero-order valence-corrected chi connectivity index (χ0v) is 36.4. The largest absolute Gasteiger partial charge is 0.490 e. The number of carbonyl (C=O) groups excluding carboxylic acids is 3. The molecule has 0 N–H and O–H groups in total. The molecule has 7 rings (SSSR count). The van der Waals surface area contributed by atoms with Gasteiger partial charge in [0.05, 0.1) is 0 Å². The minimum atomic E-state index is -0.948. The lowest BCUT2D eigenvalue weighted by molar-refractivity contribution is -0.144. The van der Waals surface area contributed by atoms with E-state index in [0.29, 0.717) is 12.4 Å². The lowest BCUT2D eigenvalue weighted by atomic mass is 10.0. The molecule has 7 aromatic rings. The zero-order chi connectivity index (χ0) is 45.3. The van der Waals surface area contributed by atoms with E-state index in [4.69, 9.17) is 14.2 Å². The summed E-state index contributed by atoms with van der Waals surface area (Å²) in [5.74, 6) is -1.10. The van der Waals surface area contributed by atoms with Crippen molar-refractivity contribution in [2.75, 3.05) is 16.4 Å². The van der Waals surface area contributed by atoms with Crippen LogP contribution in [0.5, 0.6) is 11.5 Å². The van der Waals surface area contributed by atoms with E-state index >= 15 is 0 Å². The third-order valence-electron chi connectivity index (χ3n) is 10.1. The number of aryl methyl sites for hydroxylation is 4. The Morgan fingerprint density at radius 3 is 1.30 bits per heavy atom. The normalized spacial score (nSPS) is 10.9. The van der Waals surface area contributed by atoms with Crippen molar-refractivity contribution in [1.82, 2.24) is 0 Å². The van der Waals surface area contributed by atoms with Crippen LogP contribution in [-0.4, -0.2) is 30.4 Å². The van der Waals surface area contributed by atoms with Crippen LogP contribution < -0.4 is 19.3 Å². The van der Waals surface area contributed by atoms with Crippen molar-refractivity contribution in [1.29, 1.82) is 0 Å². The number of anilines is 6. The Hall–Kier alpha value is -7.97. The summed E-state index contributed by atoms with van der Waals surface area (Å²) < 4.78 is 15.9. The minimum Gasteiger partial charge on any atom is -0.490 e. The van der Waals surface area contributed by atoms with E-state index in [-0.39, 0.29) is 6.10 Å². The van der Waals surface area contributed by atoms with Crippen molar-refractivity contribution < 1.29 is 28.6 Å². The molecule has 0 aliphatic rings. The van der Waals surface area contributed by atoms with Crippen molar-refractivity contribution >= 4 is 51.8 Å². The Labute approximate surface area is 376 Å². The fraction of sp³-hybridized carbons (Fsp3) is 0.125. The minimum absolute atomic E-state index is 0.300. The van der Waals surface area contributed by atoms with Crippen LogP contribution in [0.15, 0.2) is 207 Å². The van der Waals surface area contributed by atoms with Crippen LogP contribution in [0.1, 0.15) is 29.2 Å². The van der Waals surface area contributed by atoms with E-state index in [2.05, 4.69) is 156 Å². The zero-order valence-electron chi connectivity index (χ0n) is 36.4. The quantitative estimate of drug-likeness (QED) is 0.0388. The van der Waals surface area contributed by atoms with Gasteiger partial charge >= 0.3 is 11.9 Å². The molecule has 7 aromatic carbocycles. The van der Waals surface area contributed by atoms with Gasteiger partial charge in [0, 0.05) is 40.2 Å². The molecule has 0 saturated heterocycles. The molecule has 0 spiro atoms. The number of ether oxygens (including phenoxy) is 3. The molecule has 0 aliphatic heterocycles. The van der Waals surface area contributed by atoms with Crippen LogP contribution in [0.4, 0.5) is 34.1 Å². The first kappa shape index (κ1) is 45.6. The molecule has 8 heteroatoms. The summed E-state index contributed by atoms with van der Waals surface area (Å²) in [4.78, 5) is 38.6. The highest BCUT2D eigenvalue weighted by atomic mass is 16.6. The lowest BCUT2D eigenvalue weighted by Crippen LogP contribution is -2.20. The van der Waals surface area contributed by atoms with Gasteiger partial charge in [-0.25, -0.2) is 9.59 Å². The average molecular weight is 849 g/mol. The highest BCUT2D eigenvalue weighted by Crippen LogP contribution is 2.36. The van der Waals surface area contributed by atoms with E-state index in [0.717, 1.165) is 64.9 Å². The molecule has 1 unspecified atom stereocenters. The van der Waals surface area contributed by atoms with Crippen LogP contribution in [0.25, 0.3) is 0 Å². The van der Waals surface area contributed by atoms with Crippen molar-refractivity contribution in [3.05, 3.63) is 230 Å². The van der Waals surface area contributed by atoms with E-state index < -0.39 is 17.7 Å². The van der Waals surface area contributed by atoms with Gasteiger partial charge in [-0.3, -0.25) is 4.79 Å². The third kappa shape index (κ3) is 13.0. The molecule has 0 radical (unpaired) electrons. The average Bonchev–Trinajstić information content (AvgIpc) is 3.33. The van der Waals surface area contributed by atoms with E-state index in [1.165, 1.54) is 22.3 Å². The van der Waals surface area contributed by atoms with Crippen LogP contribution in [0.2, 0.25) is 0 Å². The Balaban J connectivity index is 0.000000219. The SMILES string of the molecule is C=CC(=O)C(=O)Oc1ccc(N(c2ccc(C)cc2)c2ccc(C)cc2)cc1.C=CC(=O)OC(C)COc1ccc(CCc2ccc(N(c3ccccc3)c3ccccc3)cc2)cc1. The van der Waals surface area contributed by atoms with Gasteiger partial charge in [0.15, 0.2) is 0 Å². The molecule has 0 amide bonds. The predicted molar refractivity (Wildman–Crippen MR) is 258 cm³/mol. The molecule has 0 fully saturated rings. The number of ketones is 1. The maximum absolute atomic E-state index is 11.6. The molecule has 1 atom stereocenters. The molecule has 322 valence electrons. The summed E-state index contributed by atoms with van der Waals surface area (Å²) in [5.41, 5.74) is 11.2. The Morgan fingerprint density at radius 2 is 0.875 bits per heavy atom. The number of para-hydroxylation sites is 2. The fourth-order valence-electron chi connectivity index (χ4n) is 6.69. The number of rotatable bonds is 17. The van der Waals surface area contributed by atoms with Crippen molar-refractivity contribution in [3.63, 3.8) is 0 Å². The summed E-state index contributed by atoms with van der Waals surface area (Å²) >= 11 is 0. The number of benzene rings is 7. The van der Waals surface area contributed by atoms with Gasteiger partial charge in [-0.1, -0.05) is 109 Å². The second kappa shape index (κ2) is 22.8. The number of carbonyl (C=O) groups is 3. The molecule has 0 bridgehead atoms. The topological polar surface area (TPSA) is 85.4 Å². The third-order valence-corrected chi connectivity index (χ3v) is 10.1. The van der Waals surface area contributed by atoms with E-state index in [1.54, 1.807) is 19.1 Å². The smallest absolute Gasteiger partial charge is 0.384 e. The Kier molecular flexibility index (Phi) is 16.2. The first-order valence-corrected chi connectivity index (χ1v) is 21.1. The molecule has 0 aromatic heterocycles. The molecular weight excluding hydrogens is 797 g/mol. The van der Waals surface area contributed by atoms with E-state index in [9.17, 15) is 14.4 Å². The molecule has 0 aliphatic carbocycles. The van der Waals surface area contributed by atoms with Gasteiger partial charge in [-0.05, 0) is 148 Å². The highest BCUT2D eigenvalue weighted by molar-refractivity contribution is 6.38. The summed E-state index contributed by atoms with van der Waals surface area (Å²) in [5, 5.41) is 0. The monoisotopic (exact) mass is 848 g/mol. The number of esters is 2. The van der Waals surface area contributed by atoms with Crippen molar-refractivity contribution in [3.8, 4) is 11.5 Å². The first-order valence-electron chi connectivity index (χ1n) is 21.1.